The molecule has 1 spiro atoms. The van der Waals surface area contributed by atoms with Crippen LogP contribution in [0.4, 0.5) is 0 Å². The molecular weight excluding hydrogens is 272 g/mol. The molecular formula is C16H22O3S. The third-order valence-electron chi connectivity index (χ3n) is 4.26. The zero-order valence-corrected chi connectivity index (χ0v) is 12.5. The summed E-state index contributed by atoms with van der Waals surface area (Å²) < 4.78 is 11.6. The average molecular weight is 294 g/mol. The Labute approximate surface area is 124 Å². The van der Waals surface area contributed by atoms with E-state index >= 15 is 0 Å². The molecule has 2 fully saturated rings. The molecule has 0 radical (unpaired) electrons. The Hall–Kier alpha value is -0.550. The van der Waals surface area contributed by atoms with Crippen molar-refractivity contribution in [1.82, 2.24) is 0 Å². The molecule has 0 aliphatic carbocycles. The van der Waals surface area contributed by atoms with Crippen molar-refractivity contribution in [2.75, 3.05) is 19.8 Å². The van der Waals surface area contributed by atoms with Crippen LogP contribution in [0, 0.1) is 0 Å². The van der Waals surface area contributed by atoms with Crippen LogP contribution < -0.4 is 0 Å². The summed E-state index contributed by atoms with van der Waals surface area (Å²) >= 11 is 1.95. The van der Waals surface area contributed by atoms with E-state index in [9.17, 15) is 0 Å². The smallest absolute Gasteiger partial charge is 0.0737 e. The van der Waals surface area contributed by atoms with Gasteiger partial charge in [0.05, 0.1) is 12.2 Å². The minimum absolute atomic E-state index is 0.0687. The fourth-order valence-electron chi connectivity index (χ4n) is 3.04. The second-order valence-corrected chi connectivity index (χ2v) is 7.05. The maximum atomic E-state index is 9.08. The summed E-state index contributed by atoms with van der Waals surface area (Å²) in [6.07, 6.45) is 4.32. The number of benzene rings is 1. The second-order valence-electron chi connectivity index (χ2n) is 5.68. The molecule has 1 unspecified atom stereocenters. The lowest BCUT2D eigenvalue weighted by atomic mass is 9.86. The first kappa shape index (κ1) is 14.4. The number of thioether (sulfide) groups is 1. The molecule has 2 aliphatic heterocycles. The Balaban J connectivity index is 1.61. The number of aliphatic hydroxyl groups excluding tert-OH is 1. The van der Waals surface area contributed by atoms with E-state index < -0.39 is 0 Å². The SMILES string of the molecule is OCc1ccc(SC2CCOC3(CCOCC3)C2)cc1. The van der Waals surface area contributed by atoms with E-state index in [0.29, 0.717) is 5.25 Å². The fourth-order valence-corrected chi connectivity index (χ4v) is 4.32. The van der Waals surface area contributed by atoms with Crippen LogP contribution in [0.2, 0.25) is 0 Å². The van der Waals surface area contributed by atoms with Gasteiger partial charge in [0.2, 0.25) is 0 Å². The first-order valence-electron chi connectivity index (χ1n) is 7.38. The summed E-state index contributed by atoms with van der Waals surface area (Å²) in [5.74, 6) is 0. The lowest BCUT2D eigenvalue weighted by molar-refractivity contribution is -0.131. The van der Waals surface area contributed by atoms with Crippen molar-refractivity contribution in [3.63, 3.8) is 0 Å². The van der Waals surface area contributed by atoms with Gasteiger partial charge in [-0.05, 0) is 43.4 Å². The highest BCUT2D eigenvalue weighted by Gasteiger charge is 2.39. The van der Waals surface area contributed by atoms with E-state index in [4.69, 9.17) is 14.6 Å². The highest BCUT2D eigenvalue weighted by atomic mass is 32.2. The summed E-state index contributed by atoms with van der Waals surface area (Å²) in [5, 5.41) is 9.71. The van der Waals surface area contributed by atoms with Crippen molar-refractivity contribution >= 4 is 11.8 Å². The predicted molar refractivity (Wildman–Crippen MR) is 80.0 cm³/mol. The van der Waals surface area contributed by atoms with Gasteiger partial charge in [-0.25, -0.2) is 0 Å². The number of hydrogen-bond donors (Lipinski definition) is 1. The summed E-state index contributed by atoms with van der Waals surface area (Å²) in [5.41, 5.74) is 1.04. The van der Waals surface area contributed by atoms with Gasteiger partial charge in [0.15, 0.2) is 0 Å². The molecule has 1 aromatic rings. The molecule has 2 saturated heterocycles. The molecule has 0 amide bonds. The molecule has 0 aromatic heterocycles. The molecule has 2 heterocycles. The van der Waals surface area contributed by atoms with Crippen LogP contribution in [-0.4, -0.2) is 35.8 Å². The normalized spacial score (nSPS) is 25.8. The molecule has 3 rings (SSSR count). The van der Waals surface area contributed by atoms with Crippen molar-refractivity contribution in [3.8, 4) is 0 Å². The molecule has 0 bridgehead atoms. The minimum atomic E-state index is 0.0687. The van der Waals surface area contributed by atoms with Gasteiger partial charge in [-0.3, -0.25) is 0 Å². The molecule has 110 valence electrons. The van der Waals surface area contributed by atoms with Gasteiger partial charge < -0.3 is 14.6 Å². The number of aliphatic hydroxyl groups is 1. The van der Waals surface area contributed by atoms with Crippen molar-refractivity contribution in [1.29, 1.82) is 0 Å². The quantitative estimate of drug-likeness (QED) is 0.930. The van der Waals surface area contributed by atoms with E-state index in [0.717, 1.165) is 51.1 Å². The van der Waals surface area contributed by atoms with Gasteiger partial charge in [0, 0.05) is 30.0 Å². The molecule has 4 heteroatoms. The molecule has 3 nitrogen and oxygen atoms in total. The Bertz CT molecular complexity index is 420. The van der Waals surface area contributed by atoms with Crippen LogP contribution >= 0.6 is 11.8 Å². The molecule has 1 aromatic carbocycles. The van der Waals surface area contributed by atoms with E-state index in [1.54, 1.807) is 0 Å². The zero-order chi connectivity index (χ0) is 13.8. The van der Waals surface area contributed by atoms with Crippen LogP contribution in [0.15, 0.2) is 29.2 Å². The first-order chi connectivity index (χ1) is 9.80. The second kappa shape index (κ2) is 6.48. The van der Waals surface area contributed by atoms with Crippen LogP contribution in [0.3, 0.4) is 0 Å². The number of ether oxygens (including phenoxy) is 2. The molecule has 0 saturated carbocycles. The Morgan fingerprint density at radius 3 is 2.60 bits per heavy atom. The van der Waals surface area contributed by atoms with Gasteiger partial charge in [-0.1, -0.05) is 12.1 Å². The lowest BCUT2D eigenvalue weighted by Gasteiger charge is -2.43. The van der Waals surface area contributed by atoms with Crippen molar-refractivity contribution in [2.45, 2.75) is 48.0 Å². The maximum Gasteiger partial charge on any atom is 0.0737 e. The number of rotatable bonds is 3. The molecule has 2 aliphatic rings. The maximum absolute atomic E-state index is 9.08. The standard InChI is InChI=1S/C16H22O3S/c17-12-13-1-3-14(4-2-13)20-15-5-8-19-16(11-15)6-9-18-10-7-16/h1-4,15,17H,5-12H2. The van der Waals surface area contributed by atoms with E-state index in [1.165, 1.54) is 4.90 Å². The van der Waals surface area contributed by atoms with Gasteiger partial charge in [-0.15, -0.1) is 11.8 Å². The molecule has 1 atom stereocenters. The first-order valence-corrected chi connectivity index (χ1v) is 8.26. The van der Waals surface area contributed by atoms with E-state index in [2.05, 4.69) is 12.1 Å². The lowest BCUT2D eigenvalue weighted by Crippen LogP contribution is -2.45. The highest BCUT2D eigenvalue weighted by molar-refractivity contribution is 8.00. The monoisotopic (exact) mass is 294 g/mol. The fraction of sp³-hybridized carbons (Fsp3) is 0.625. The predicted octanol–water partition coefficient (Wildman–Crippen LogP) is 3.00. The van der Waals surface area contributed by atoms with Crippen molar-refractivity contribution < 1.29 is 14.6 Å². The van der Waals surface area contributed by atoms with Gasteiger partial charge in [0.25, 0.3) is 0 Å². The van der Waals surface area contributed by atoms with Gasteiger partial charge in [0.1, 0.15) is 0 Å². The van der Waals surface area contributed by atoms with E-state index in [-0.39, 0.29) is 12.2 Å². The summed E-state index contributed by atoms with van der Waals surface area (Å²) in [6.45, 7) is 2.66. The molecule has 20 heavy (non-hydrogen) atoms. The van der Waals surface area contributed by atoms with Crippen molar-refractivity contribution in [3.05, 3.63) is 29.8 Å². The van der Waals surface area contributed by atoms with Crippen molar-refractivity contribution in [2.24, 2.45) is 0 Å². The third kappa shape index (κ3) is 3.37. The van der Waals surface area contributed by atoms with Gasteiger partial charge in [-0.2, -0.15) is 0 Å². The largest absolute Gasteiger partial charge is 0.392 e. The minimum Gasteiger partial charge on any atom is -0.392 e. The molecule has 1 N–H and O–H groups in total. The summed E-state index contributed by atoms with van der Waals surface area (Å²) in [4.78, 5) is 1.29. The topological polar surface area (TPSA) is 38.7 Å². The third-order valence-corrected chi connectivity index (χ3v) is 5.54. The van der Waals surface area contributed by atoms with Crippen LogP contribution in [0.25, 0.3) is 0 Å². The average Bonchev–Trinajstić information content (AvgIpc) is 2.49. The number of hydrogen-bond acceptors (Lipinski definition) is 4. The van der Waals surface area contributed by atoms with Gasteiger partial charge >= 0.3 is 0 Å². The Morgan fingerprint density at radius 1 is 1.15 bits per heavy atom. The summed E-state index contributed by atoms with van der Waals surface area (Å²) in [6, 6.07) is 8.24. The van der Waals surface area contributed by atoms with Crippen LogP contribution in [0.1, 0.15) is 31.2 Å². The summed E-state index contributed by atoms with van der Waals surface area (Å²) in [7, 11) is 0. The zero-order valence-electron chi connectivity index (χ0n) is 11.7. The Kier molecular flexibility index (Phi) is 4.66. The van der Waals surface area contributed by atoms with E-state index in [1.807, 2.05) is 23.9 Å². The Morgan fingerprint density at radius 2 is 1.90 bits per heavy atom. The van der Waals surface area contributed by atoms with Crippen LogP contribution in [-0.2, 0) is 16.1 Å². The highest BCUT2D eigenvalue weighted by Crippen LogP contribution is 2.40. The van der Waals surface area contributed by atoms with Crippen LogP contribution in [0.5, 0.6) is 0 Å².